The Hall–Kier alpha value is -1.36. The highest BCUT2D eigenvalue weighted by molar-refractivity contribution is 9.10. The number of hydrogen-bond donors (Lipinski definition) is 0. The van der Waals surface area contributed by atoms with Crippen LogP contribution in [0.1, 0.15) is 38.3 Å². The summed E-state index contributed by atoms with van der Waals surface area (Å²) in [7, 11) is 1.36. The molecule has 0 bridgehead atoms. The predicted molar refractivity (Wildman–Crippen MR) is 84.1 cm³/mol. The zero-order valence-corrected chi connectivity index (χ0v) is 14.1. The number of halogens is 1. The third kappa shape index (κ3) is 2.98. The van der Waals surface area contributed by atoms with Crippen LogP contribution >= 0.6 is 15.9 Å². The van der Waals surface area contributed by atoms with Crippen LogP contribution in [-0.4, -0.2) is 34.3 Å². The molecular weight excluding hydrogens is 334 g/mol. The Kier molecular flexibility index (Phi) is 4.71. The van der Waals surface area contributed by atoms with Crippen molar-refractivity contribution in [2.24, 2.45) is 0 Å². The van der Waals surface area contributed by atoms with Gasteiger partial charge in [-0.05, 0) is 25.8 Å². The SMILES string of the molecule is COC(=O)C(C)(Br)[C@@H]1CCC(=O)N1[C@H](C)c1ccccc1. The Labute approximate surface area is 133 Å². The second kappa shape index (κ2) is 6.18. The quantitative estimate of drug-likeness (QED) is 0.617. The average molecular weight is 354 g/mol. The molecule has 0 spiro atoms. The van der Waals surface area contributed by atoms with E-state index in [2.05, 4.69) is 15.9 Å². The molecule has 1 aromatic carbocycles. The summed E-state index contributed by atoms with van der Waals surface area (Å²) in [6, 6.07) is 9.56. The number of likely N-dealkylation sites (tertiary alicyclic amines) is 1. The highest BCUT2D eigenvalue weighted by Crippen LogP contribution is 2.39. The molecule has 1 aliphatic heterocycles. The van der Waals surface area contributed by atoms with Gasteiger partial charge in [0.1, 0.15) is 4.32 Å². The van der Waals surface area contributed by atoms with Gasteiger partial charge in [0.15, 0.2) is 0 Å². The van der Waals surface area contributed by atoms with E-state index in [0.29, 0.717) is 12.8 Å². The van der Waals surface area contributed by atoms with Gasteiger partial charge >= 0.3 is 5.97 Å². The molecule has 0 aromatic heterocycles. The molecule has 3 atom stereocenters. The zero-order valence-electron chi connectivity index (χ0n) is 12.5. The number of amides is 1. The molecule has 1 fully saturated rings. The minimum absolute atomic E-state index is 0.0749. The van der Waals surface area contributed by atoms with E-state index in [4.69, 9.17) is 4.74 Å². The fraction of sp³-hybridized carbons (Fsp3) is 0.500. The van der Waals surface area contributed by atoms with Crippen molar-refractivity contribution < 1.29 is 14.3 Å². The van der Waals surface area contributed by atoms with E-state index in [1.807, 2.05) is 37.3 Å². The molecule has 4 nitrogen and oxygen atoms in total. The summed E-state index contributed by atoms with van der Waals surface area (Å²) in [5, 5.41) is 0. The summed E-state index contributed by atoms with van der Waals surface area (Å²) < 4.78 is 3.98. The van der Waals surface area contributed by atoms with Crippen molar-refractivity contribution in [3.8, 4) is 0 Å². The summed E-state index contributed by atoms with van der Waals surface area (Å²) in [6.45, 7) is 3.76. The Morgan fingerprint density at radius 2 is 2.05 bits per heavy atom. The van der Waals surface area contributed by atoms with Crippen molar-refractivity contribution in [3.63, 3.8) is 0 Å². The van der Waals surface area contributed by atoms with Crippen molar-refractivity contribution in [2.45, 2.75) is 43.1 Å². The second-order valence-corrected chi connectivity index (χ2v) is 7.16. The van der Waals surface area contributed by atoms with Gasteiger partial charge in [-0.2, -0.15) is 0 Å². The number of carbonyl (C=O) groups excluding carboxylic acids is 2. The summed E-state index contributed by atoms with van der Waals surface area (Å²) in [6.07, 6.45) is 1.10. The predicted octanol–water partition coefficient (Wildman–Crippen LogP) is 3.07. The summed E-state index contributed by atoms with van der Waals surface area (Å²) in [4.78, 5) is 26.1. The number of methoxy groups -OCH3 is 1. The summed E-state index contributed by atoms with van der Waals surface area (Å²) >= 11 is 3.47. The highest BCUT2D eigenvalue weighted by Gasteiger charge is 2.49. The van der Waals surface area contributed by atoms with Gasteiger partial charge in [-0.25, -0.2) is 0 Å². The van der Waals surface area contributed by atoms with Crippen LogP contribution < -0.4 is 0 Å². The van der Waals surface area contributed by atoms with Crippen LogP contribution in [-0.2, 0) is 14.3 Å². The molecule has 1 heterocycles. The average Bonchev–Trinajstić information content (AvgIpc) is 2.88. The lowest BCUT2D eigenvalue weighted by molar-refractivity contribution is -0.145. The third-order valence-electron chi connectivity index (χ3n) is 4.16. The Morgan fingerprint density at radius 1 is 1.43 bits per heavy atom. The van der Waals surface area contributed by atoms with Crippen LogP contribution in [0.25, 0.3) is 0 Å². The highest BCUT2D eigenvalue weighted by atomic mass is 79.9. The van der Waals surface area contributed by atoms with E-state index in [9.17, 15) is 9.59 Å². The zero-order chi connectivity index (χ0) is 15.6. The van der Waals surface area contributed by atoms with Crippen LogP contribution in [0.5, 0.6) is 0 Å². The fourth-order valence-corrected chi connectivity index (χ4v) is 3.56. The maximum absolute atomic E-state index is 12.3. The van der Waals surface area contributed by atoms with Crippen molar-refractivity contribution >= 4 is 27.8 Å². The Balaban J connectivity index is 2.31. The number of benzene rings is 1. The molecule has 0 N–H and O–H groups in total. The molecule has 114 valence electrons. The minimum atomic E-state index is -0.892. The van der Waals surface area contributed by atoms with Crippen molar-refractivity contribution in [1.29, 1.82) is 0 Å². The molecule has 1 aromatic rings. The summed E-state index contributed by atoms with van der Waals surface area (Å²) in [5.74, 6) is -0.279. The van der Waals surface area contributed by atoms with Crippen LogP contribution in [0, 0.1) is 0 Å². The van der Waals surface area contributed by atoms with E-state index < -0.39 is 4.32 Å². The molecule has 1 saturated heterocycles. The number of carbonyl (C=O) groups is 2. The molecule has 5 heteroatoms. The van der Waals surface area contributed by atoms with E-state index in [1.165, 1.54) is 7.11 Å². The van der Waals surface area contributed by atoms with Gasteiger partial charge in [-0.3, -0.25) is 9.59 Å². The second-order valence-electron chi connectivity index (χ2n) is 5.51. The molecule has 2 rings (SSSR count). The fourth-order valence-electron chi connectivity index (χ4n) is 2.95. The molecule has 1 unspecified atom stereocenters. The van der Waals surface area contributed by atoms with Crippen molar-refractivity contribution in [1.82, 2.24) is 4.90 Å². The Morgan fingerprint density at radius 3 is 2.62 bits per heavy atom. The smallest absolute Gasteiger partial charge is 0.324 e. The first kappa shape index (κ1) is 16.0. The molecule has 1 aliphatic rings. The van der Waals surface area contributed by atoms with Gasteiger partial charge in [0.25, 0.3) is 0 Å². The van der Waals surface area contributed by atoms with E-state index in [-0.39, 0.29) is 24.0 Å². The van der Waals surface area contributed by atoms with Gasteiger partial charge in [-0.1, -0.05) is 46.3 Å². The van der Waals surface area contributed by atoms with Crippen LogP contribution in [0.15, 0.2) is 30.3 Å². The van der Waals surface area contributed by atoms with Gasteiger partial charge in [-0.15, -0.1) is 0 Å². The first-order valence-corrected chi connectivity index (χ1v) is 7.82. The van der Waals surface area contributed by atoms with E-state index >= 15 is 0 Å². The number of esters is 1. The number of rotatable bonds is 4. The molecule has 0 aliphatic carbocycles. The van der Waals surface area contributed by atoms with Gasteiger partial charge < -0.3 is 9.64 Å². The maximum atomic E-state index is 12.3. The van der Waals surface area contributed by atoms with E-state index in [1.54, 1.807) is 11.8 Å². The van der Waals surface area contributed by atoms with Gasteiger partial charge in [0.05, 0.1) is 19.2 Å². The maximum Gasteiger partial charge on any atom is 0.324 e. The molecule has 0 saturated carbocycles. The van der Waals surface area contributed by atoms with Crippen molar-refractivity contribution in [3.05, 3.63) is 35.9 Å². The van der Waals surface area contributed by atoms with Gasteiger partial charge in [0.2, 0.25) is 5.91 Å². The standard InChI is InChI=1S/C16H20BrNO3/c1-11(12-7-5-4-6-8-12)18-13(9-10-14(18)19)16(2,17)15(20)21-3/h4-8,11,13H,9-10H2,1-3H3/t11-,13+,16?/m1/s1. The number of nitrogens with zero attached hydrogens (tertiary/aromatic N) is 1. The number of ether oxygens (including phenoxy) is 1. The summed E-state index contributed by atoms with van der Waals surface area (Å²) in [5.41, 5.74) is 1.06. The largest absolute Gasteiger partial charge is 0.468 e. The monoisotopic (exact) mass is 353 g/mol. The first-order valence-electron chi connectivity index (χ1n) is 7.03. The molecule has 1 amide bonds. The molecular formula is C16H20BrNO3. The Bertz CT molecular complexity index is 530. The van der Waals surface area contributed by atoms with Crippen LogP contribution in [0.3, 0.4) is 0 Å². The normalized spacial score (nSPS) is 22.8. The van der Waals surface area contributed by atoms with E-state index in [0.717, 1.165) is 5.56 Å². The first-order chi connectivity index (χ1) is 9.89. The molecule has 0 radical (unpaired) electrons. The van der Waals surface area contributed by atoms with Crippen molar-refractivity contribution in [2.75, 3.05) is 7.11 Å². The lowest BCUT2D eigenvalue weighted by atomic mass is 9.97. The number of hydrogen-bond acceptors (Lipinski definition) is 3. The lowest BCUT2D eigenvalue weighted by Gasteiger charge is -2.38. The van der Waals surface area contributed by atoms with Crippen LogP contribution in [0.2, 0.25) is 0 Å². The molecule has 21 heavy (non-hydrogen) atoms. The number of alkyl halides is 1. The van der Waals surface area contributed by atoms with Gasteiger partial charge in [0, 0.05) is 6.42 Å². The van der Waals surface area contributed by atoms with Crippen LogP contribution in [0.4, 0.5) is 0 Å². The lowest BCUT2D eigenvalue weighted by Crippen LogP contribution is -2.51. The minimum Gasteiger partial charge on any atom is -0.468 e. The topological polar surface area (TPSA) is 46.6 Å². The third-order valence-corrected chi connectivity index (χ3v) is 5.02.